The summed E-state index contributed by atoms with van der Waals surface area (Å²) in [6, 6.07) is 9.99. The fraction of sp³-hybridized carbons (Fsp3) is 0.323. The van der Waals surface area contributed by atoms with E-state index in [1.807, 2.05) is 22.9 Å². The second-order valence-corrected chi connectivity index (χ2v) is 12.2. The number of pyridine rings is 2. The molecule has 6 rings (SSSR count). The molecule has 2 atom stereocenters. The van der Waals surface area contributed by atoms with Crippen molar-refractivity contribution in [1.82, 2.24) is 29.7 Å². The molecule has 0 radical (unpaired) electrons. The Morgan fingerprint density at radius 2 is 1.95 bits per heavy atom. The molecule has 11 nitrogen and oxygen atoms in total. The van der Waals surface area contributed by atoms with Gasteiger partial charge < -0.3 is 14.6 Å². The summed E-state index contributed by atoms with van der Waals surface area (Å²) in [6.45, 7) is 2.19. The van der Waals surface area contributed by atoms with Gasteiger partial charge in [-0.15, -0.1) is 0 Å². The van der Waals surface area contributed by atoms with Crippen molar-refractivity contribution in [3.8, 4) is 5.75 Å². The molecule has 1 fully saturated rings. The van der Waals surface area contributed by atoms with Crippen LogP contribution in [0.1, 0.15) is 34.8 Å². The second-order valence-electron chi connectivity index (χ2n) is 10.9. The first kappa shape index (κ1) is 30.0. The Balaban J connectivity index is 1.27. The predicted octanol–water partition coefficient (Wildman–Crippen LogP) is 3.80. The van der Waals surface area contributed by atoms with Crippen LogP contribution in [0.2, 0.25) is 5.02 Å². The number of nitrogens with one attached hydrogen (secondary N) is 1. The van der Waals surface area contributed by atoms with Crippen molar-refractivity contribution >= 4 is 39.5 Å². The number of rotatable bonds is 7. The topological polar surface area (TPSA) is 117 Å². The van der Waals surface area contributed by atoms with Crippen LogP contribution in [0.3, 0.4) is 0 Å². The van der Waals surface area contributed by atoms with Crippen molar-refractivity contribution in [2.75, 3.05) is 26.2 Å². The van der Waals surface area contributed by atoms with E-state index in [0.29, 0.717) is 31.1 Å². The Morgan fingerprint density at radius 1 is 1.14 bits per heavy atom. The highest BCUT2D eigenvalue weighted by Gasteiger charge is 2.41. The zero-order valence-electron chi connectivity index (χ0n) is 23.9. The number of fused-ring (bicyclic) bond motifs is 2. The normalized spacial score (nSPS) is 18.2. The summed E-state index contributed by atoms with van der Waals surface area (Å²) in [5.74, 6) is 0.00739. The van der Waals surface area contributed by atoms with Crippen molar-refractivity contribution in [2.24, 2.45) is 0 Å². The molecule has 0 spiro atoms. The lowest BCUT2D eigenvalue weighted by atomic mass is 9.95. The zero-order chi connectivity index (χ0) is 30.6. The van der Waals surface area contributed by atoms with Crippen LogP contribution in [0.15, 0.2) is 78.2 Å². The summed E-state index contributed by atoms with van der Waals surface area (Å²) in [5, 5.41) is 13.3. The average molecular weight is 682 g/mol. The molecular weight excluding hydrogens is 650 g/mol. The van der Waals surface area contributed by atoms with Gasteiger partial charge in [0.05, 0.1) is 30.2 Å². The lowest BCUT2D eigenvalue weighted by molar-refractivity contribution is -0.904. The molecule has 44 heavy (non-hydrogen) atoms. The molecule has 4 heterocycles. The van der Waals surface area contributed by atoms with Crippen LogP contribution in [-0.2, 0) is 24.2 Å². The van der Waals surface area contributed by atoms with Crippen LogP contribution in [0.4, 0.5) is 4.79 Å². The number of carbonyl (C=O) groups is 2. The lowest BCUT2D eigenvalue weighted by Crippen LogP contribution is -2.61. The van der Waals surface area contributed by atoms with Gasteiger partial charge >= 0.3 is 6.09 Å². The van der Waals surface area contributed by atoms with Crippen LogP contribution >= 0.6 is 27.5 Å². The first-order valence-electron chi connectivity index (χ1n) is 14.4. The monoisotopic (exact) mass is 680 g/mol. The maximum atomic E-state index is 13.8. The smallest absolute Gasteiger partial charge is 0.410 e. The molecule has 3 aromatic heterocycles. The first-order valence-corrected chi connectivity index (χ1v) is 15.6. The number of halogens is 2. The van der Waals surface area contributed by atoms with Crippen molar-refractivity contribution in [1.29, 1.82) is 0 Å². The Hall–Kier alpha value is -4.00. The average Bonchev–Trinajstić information content (AvgIpc) is 3.49. The van der Waals surface area contributed by atoms with E-state index in [4.69, 9.17) is 21.3 Å². The molecule has 1 aromatic carbocycles. The summed E-state index contributed by atoms with van der Waals surface area (Å²) in [5.41, 5.74) is 4.31. The van der Waals surface area contributed by atoms with Crippen molar-refractivity contribution in [2.45, 2.75) is 37.9 Å². The number of carbonyl (C=O) groups excluding carboxylic acids is 2. The molecule has 228 valence electrons. The van der Waals surface area contributed by atoms with E-state index < -0.39 is 12.1 Å². The molecular formula is C31H32BrClN7O4+. The number of nitrogens with zero attached hydrogens (tertiary/aromatic N) is 6. The minimum Gasteiger partial charge on any atom is -0.410 e. The highest BCUT2D eigenvalue weighted by Crippen LogP contribution is 2.38. The molecule has 4 aromatic rings. The molecule has 0 saturated carbocycles. The van der Waals surface area contributed by atoms with E-state index in [0.717, 1.165) is 44.4 Å². The number of aromatic nitrogens is 4. The van der Waals surface area contributed by atoms with Gasteiger partial charge in [-0.3, -0.25) is 24.8 Å². The van der Waals surface area contributed by atoms with E-state index >= 15 is 0 Å². The summed E-state index contributed by atoms with van der Waals surface area (Å²) in [4.78, 5) is 39.9. The Bertz CT molecular complexity index is 1580. The van der Waals surface area contributed by atoms with Crippen molar-refractivity contribution in [3.63, 3.8) is 0 Å². The SMILES string of the molecule is O=C(NCCCn1ccnc1)C1CN([C@@H]2c3ccc(Cl)cc3CCc3cc(Br)cnc32)CCN1C(=O)Oc1cc[n+](O)cc1. The Kier molecular flexibility index (Phi) is 9.10. The van der Waals surface area contributed by atoms with E-state index in [2.05, 4.69) is 43.3 Å². The van der Waals surface area contributed by atoms with E-state index in [1.165, 1.54) is 29.4 Å². The van der Waals surface area contributed by atoms with Crippen LogP contribution < -0.4 is 14.8 Å². The molecule has 1 saturated heterocycles. The zero-order valence-corrected chi connectivity index (χ0v) is 26.2. The minimum absolute atomic E-state index is 0.225. The Labute approximate surface area is 268 Å². The van der Waals surface area contributed by atoms with E-state index in [1.54, 1.807) is 18.7 Å². The van der Waals surface area contributed by atoms with Gasteiger partial charge in [-0.25, -0.2) is 9.78 Å². The van der Waals surface area contributed by atoms with Gasteiger partial charge in [-0.2, -0.15) is 0 Å². The maximum absolute atomic E-state index is 13.8. The van der Waals surface area contributed by atoms with Gasteiger partial charge in [0, 0.05) is 65.5 Å². The largest absolute Gasteiger partial charge is 0.416 e. The number of ether oxygens (including phenoxy) is 1. The van der Waals surface area contributed by atoms with E-state index in [-0.39, 0.29) is 30.8 Å². The third-order valence-corrected chi connectivity index (χ3v) is 8.71. The van der Waals surface area contributed by atoms with Gasteiger partial charge in [0.25, 0.3) is 0 Å². The predicted molar refractivity (Wildman–Crippen MR) is 164 cm³/mol. The minimum atomic E-state index is -0.811. The molecule has 1 aliphatic carbocycles. The maximum Gasteiger partial charge on any atom is 0.416 e. The summed E-state index contributed by atoms with van der Waals surface area (Å²) >= 11 is 10.00. The molecule has 0 bridgehead atoms. The third-order valence-electron chi connectivity index (χ3n) is 8.04. The number of hydrogen-bond acceptors (Lipinski definition) is 7. The first-order chi connectivity index (χ1) is 21.4. The van der Waals surface area contributed by atoms with Crippen LogP contribution in [0.25, 0.3) is 0 Å². The van der Waals surface area contributed by atoms with Crippen molar-refractivity contribution < 1.29 is 24.3 Å². The number of piperazine rings is 1. The van der Waals surface area contributed by atoms with Gasteiger partial charge in [0.2, 0.25) is 18.3 Å². The second kappa shape index (κ2) is 13.3. The number of amides is 2. The summed E-state index contributed by atoms with van der Waals surface area (Å²) in [7, 11) is 0. The quantitative estimate of drug-likeness (QED) is 0.173. The third kappa shape index (κ3) is 6.72. The van der Waals surface area contributed by atoms with Gasteiger partial charge in [-0.1, -0.05) is 17.7 Å². The highest BCUT2D eigenvalue weighted by molar-refractivity contribution is 9.10. The molecule has 2 amide bonds. The molecule has 1 unspecified atom stereocenters. The van der Waals surface area contributed by atoms with Crippen LogP contribution in [0.5, 0.6) is 5.75 Å². The van der Waals surface area contributed by atoms with E-state index in [9.17, 15) is 14.8 Å². The van der Waals surface area contributed by atoms with Gasteiger partial charge in [0.1, 0.15) is 11.8 Å². The molecule has 1 aliphatic heterocycles. The van der Waals surface area contributed by atoms with Crippen LogP contribution in [0, 0.1) is 0 Å². The molecule has 2 aliphatic rings. The van der Waals surface area contributed by atoms with Crippen molar-refractivity contribution in [3.05, 3.63) is 106 Å². The Morgan fingerprint density at radius 3 is 2.75 bits per heavy atom. The van der Waals surface area contributed by atoms with Gasteiger partial charge in [-0.05, 0) is 70.1 Å². The number of imidazole rings is 1. The number of hydrogen-bond donors (Lipinski definition) is 2. The lowest BCUT2D eigenvalue weighted by Gasteiger charge is -2.43. The van der Waals surface area contributed by atoms with Gasteiger partial charge in [0.15, 0.2) is 0 Å². The fourth-order valence-electron chi connectivity index (χ4n) is 5.91. The number of aryl methyl sites for hydroxylation is 3. The standard InChI is InChI=1S/C31H31BrClN7O4/c32-23-16-22-3-2-21-17-24(33)4-5-26(21)29(28(22)36-18-23)38-14-15-40(31(42)44-25-6-11-39(43)12-7-25)27(19-38)30(41)35-8-1-10-37-13-9-34-20-37/h4-7,9,11-13,16-18,20,27,29H,1-3,8,10,14-15,19H2,(H-,35,41,43)/p+1/t27?,29-/m1/s1. The molecule has 2 N–H and O–H groups in total. The van der Waals surface area contributed by atoms with Crippen LogP contribution in [-0.4, -0.2) is 73.8 Å². The summed E-state index contributed by atoms with van der Waals surface area (Å²) in [6.07, 6.45) is 11.6. The highest BCUT2D eigenvalue weighted by atomic mass is 79.9. The number of benzene rings is 1. The molecule has 13 heteroatoms. The summed E-state index contributed by atoms with van der Waals surface area (Å²) < 4.78 is 9.34. The fourth-order valence-corrected chi connectivity index (χ4v) is 6.48.